The summed E-state index contributed by atoms with van der Waals surface area (Å²) in [6.07, 6.45) is 1.44. The number of carbonyl (C=O) groups excluding carboxylic acids is 2. The molecule has 3 aromatic rings. The summed E-state index contributed by atoms with van der Waals surface area (Å²) in [6, 6.07) is 14.8. The van der Waals surface area contributed by atoms with Gasteiger partial charge >= 0.3 is 0 Å². The van der Waals surface area contributed by atoms with Gasteiger partial charge in [-0.25, -0.2) is 9.07 Å². The van der Waals surface area contributed by atoms with Crippen LogP contribution in [0.2, 0.25) is 0 Å². The highest BCUT2D eigenvalue weighted by Crippen LogP contribution is 2.23. The largest absolute Gasteiger partial charge is 0.336 e. The van der Waals surface area contributed by atoms with Gasteiger partial charge in [0, 0.05) is 26.2 Å². The number of amides is 2. The smallest absolute Gasteiger partial charge is 0.259 e. The van der Waals surface area contributed by atoms with E-state index >= 15 is 0 Å². The van der Waals surface area contributed by atoms with Gasteiger partial charge in [0.1, 0.15) is 17.2 Å². The van der Waals surface area contributed by atoms with E-state index in [1.807, 2.05) is 30.3 Å². The van der Waals surface area contributed by atoms with Crippen molar-refractivity contribution in [1.29, 1.82) is 0 Å². The van der Waals surface area contributed by atoms with Crippen LogP contribution in [0.3, 0.4) is 0 Å². The second kappa shape index (κ2) is 8.24. The van der Waals surface area contributed by atoms with E-state index in [4.69, 9.17) is 0 Å². The van der Waals surface area contributed by atoms with Gasteiger partial charge < -0.3 is 15.5 Å². The first-order valence-corrected chi connectivity index (χ1v) is 9.34. The molecule has 0 aliphatic carbocycles. The molecular weight excluding hydrogens is 373 g/mol. The fourth-order valence-electron chi connectivity index (χ4n) is 3.25. The zero-order chi connectivity index (χ0) is 20.2. The first-order valence-electron chi connectivity index (χ1n) is 9.34. The molecule has 29 heavy (non-hydrogen) atoms. The normalized spacial score (nSPS) is 13.9. The molecule has 148 valence electrons. The number of benzene rings is 2. The fraction of sp³-hybridized carbons (Fsp3) is 0.190. The van der Waals surface area contributed by atoms with Crippen molar-refractivity contribution in [3.05, 3.63) is 77.7 Å². The van der Waals surface area contributed by atoms with Crippen molar-refractivity contribution in [2.24, 2.45) is 0 Å². The molecule has 0 radical (unpaired) electrons. The number of aromatic nitrogens is 2. The van der Waals surface area contributed by atoms with Crippen molar-refractivity contribution in [3.8, 4) is 5.69 Å². The van der Waals surface area contributed by atoms with E-state index in [1.165, 1.54) is 29.1 Å². The Hall–Kier alpha value is -3.52. The summed E-state index contributed by atoms with van der Waals surface area (Å²) in [4.78, 5) is 27.5. The number of para-hydroxylation sites is 1. The Kier molecular flexibility index (Phi) is 5.35. The number of anilines is 1. The minimum absolute atomic E-state index is 0.103. The lowest BCUT2D eigenvalue weighted by atomic mass is 10.2. The van der Waals surface area contributed by atoms with E-state index in [2.05, 4.69) is 15.7 Å². The van der Waals surface area contributed by atoms with Crippen LogP contribution in [-0.2, 0) is 0 Å². The molecule has 0 saturated carbocycles. The number of halogens is 1. The molecule has 1 aromatic heterocycles. The number of hydrogen-bond donors (Lipinski definition) is 2. The fourth-order valence-corrected chi connectivity index (χ4v) is 3.25. The first kappa shape index (κ1) is 18.8. The molecule has 2 heterocycles. The van der Waals surface area contributed by atoms with Crippen molar-refractivity contribution < 1.29 is 14.0 Å². The summed E-state index contributed by atoms with van der Waals surface area (Å²) < 4.78 is 15.6. The predicted octanol–water partition coefficient (Wildman–Crippen LogP) is 2.31. The lowest BCUT2D eigenvalue weighted by molar-refractivity contribution is 0.0737. The minimum atomic E-state index is -0.643. The lowest BCUT2D eigenvalue weighted by Crippen LogP contribution is -2.46. The average molecular weight is 393 g/mol. The van der Waals surface area contributed by atoms with Gasteiger partial charge in [-0.15, -0.1) is 0 Å². The molecule has 0 bridgehead atoms. The zero-order valence-electron chi connectivity index (χ0n) is 15.6. The van der Waals surface area contributed by atoms with Crippen LogP contribution in [0.1, 0.15) is 20.7 Å². The van der Waals surface area contributed by atoms with Crippen molar-refractivity contribution in [1.82, 2.24) is 20.0 Å². The van der Waals surface area contributed by atoms with Gasteiger partial charge in [0.05, 0.1) is 17.4 Å². The van der Waals surface area contributed by atoms with Gasteiger partial charge in [0.25, 0.3) is 11.8 Å². The summed E-state index contributed by atoms with van der Waals surface area (Å²) in [6.45, 7) is 2.54. The quantitative estimate of drug-likeness (QED) is 0.713. The summed E-state index contributed by atoms with van der Waals surface area (Å²) in [5.74, 6) is -1.29. The van der Waals surface area contributed by atoms with Crippen molar-refractivity contribution in [3.63, 3.8) is 0 Å². The van der Waals surface area contributed by atoms with Crippen LogP contribution in [0.15, 0.2) is 60.8 Å². The van der Waals surface area contributed by atoms with Gasteiger partial charge in [0.2, 0.25) is 0 Å². The van der Waals surface area contributed by atoms with E-state index in [0.717, 1.165) is 0 Å². The Morgan fingerprint density at radius 3 is 2.38 bits per heavy atom. The zero-order valence-corrected chi connectivity index (χ0v) is 15.6. The second-order valence-corrected chi connectivity index (χ2v) is 6.63. The topological polar surface area (TPSA) is 79.3 Å². The van der Waals surface area contributed by atoms with Crippen molar-refractivity contribution in [2.75, 3.05) is 31.5 Å². The third kappa shape index (κ3) is 3.88. The molecule has 2 amide bonds. The van der Waals surface area contributed by atoms with Gasteiger partial charge in [-0.3, -0.25) is 9.59 Å². The maximum Gasteiger partial charge on any atom is 0.259 e. The molecule has 8 heteroatoms. The number of hydrogen-bond acceptors (Lipinski definition) is 4. The highest BCUT2D eigenvalue weighted by Gasteiger charge is 2.26. The highest BCUT2D eigenvalue weighted by molar-refractivity contribution is 6.08. The molecule has 1 aliphatic heterocycles. The molecule has 0 atom stereocenters. The SMILES string of the molecule is O=C(Nc1c(C(=O)N2CCNCC2)cnn1-c1ccccc1)c1ccccc1F. The Morgan fingerprint density at radius 1 is 0.966 bits per heavy atom. The van der Waals surface area contributed by atoms with Crippen LogP contribution < -0.4 is 10.6 Å². The molecule has 2 aromatic carbocycles. The number of piperazine rings is 1. The van der Waals surface area contributed by atoms with E-state index < -0.39 is 11.7 Å². The molecule has 0 unspecified atom stereocenters. The van der Waals surface area contributed by atoms with E-state index in [9.17, 15) is 14.0 Å². The van der Waals surface area contributed by atoms with E-state index in [-0.39, 0.29) is 22.9 Å². The van der Waals surface area contributed by atoms with Crippen LogP contribution in [0.25, 0.3) is 5.69 Å². The monoisotopic (exact) mass is 393 g/mol. The first-order chi connectivity index (χ1) is 14.1. The van der Waals surface area contributed by atoms with Gasteiger partial charge in [-0.05, 0) is 24.3 Å². The van der Waals surface area contributed by atoms with Crippen LogP contribution in [-0.4, -0.2) is 52.7 Å². The molecule has 1 saturated heterocycles. The standard InChI is InChI=1S/C21H20FN5O2/c22-18-9-5-4-8-16(18)20(28)25-19-17(21(29)26-12-10-23-11-13-26)14-24-27(19)15-6-2-1-3-7-15/h1-9,14,23H,10-13H2,(H,25,28). The molecular formula is C21H20FN5O2. The number of nitrogens with one attached hydrogen (secondary N) is 2. The minimum Gasteiger partial charge on any atom is -0.336 e. The highest BCUT2D eigenvalue weighted by atomic mass is 19.1. The Bertz CT molecular complexity index is 1030. The van der Waals surface area contributed by atoms with Crippen LogP contribution >= 0.6 is 0 Å². The third-order valence-electron chi connectivity index (χ3n) is 4.76. The summed E-state index contributed by atoms with van der Waals surface area (Å²) in [5.41, 5.74) is 0.838. The number of carbonyl (C=O) groups is 2. The molecule has 0 spiro atoms. The van der Waals surface area contributed by atoms with Gasteiger partial charge in [0.15, 0.2) is 0 Å². The van der Waals surface area contributed by atoms with E-state index in [0.29, 0.717) is 31.9 Å². The Labute approximate surface area is 167 Å². The van der Waals surface area contributed by atoms with Gasteiger partial charge in [-0.1, -0.05) is 30.3 Å². The lowest BCUT2D eigenvalue weighted by Gasteiger charge is -2.27. The van der Waals surface area contributed by atoms with Crippen LogP contribution in [0, 0.1) is 5.82 Å². The molecule has 1 fully saturated rings. The molecule has 2 N–H and O–H groups in total. The maximum atomic E-state index is 14.1. The Morgan fingerprint density at radius 2 is 1.66 bits per heavy atom. The van der Waals surface area contributed by atoms with Crippen LogP contribution in [0.4, 0.5) is 10.2 Å². The van der Waals surface area contributed by atoms with Crippen molar-refractivity contribution in [2.45, 2.75) is 0 Å². The van der Waals surface area contributed by atoms with Crippen LogP contribution in [0.5, 0.6) is 0 Å². The van der Waals surface area contributed by atoms with Crippen molar-refractivity contribution >= 4 is 17.6 Å². The summed E-state index contributed by atoms with van der Waals surface area (Å²) in [7, 11) is 0. The molecule has 4 rings (SSSR count). The predicted molar refractivity (Wildman–Crippen MR) is 107 cm³/mol. The maximum absolute atomic E-state index is 14.1. The average Bonchev–Trinajstić information content (AvgIpc) is 3.18. The Balaban J connectivity index is 1.72. The number of rotatable bonds is 4. The summed E-state index contributed by atoms with van der Waals surface area (Å²) >= 11 is 0. The van der Waals surface area contributed by atoms with E-state index in [1.54, 1.807) is 11.0 Å². The second-order valence-electron chi connectivity index (χ2n) is 6.63. The molecule has 7 nitrogen and oxygen atoms in total. The summed E-state index contributed by atoms with van der Waals surface area (Å²) in [5, 5.41) is 10.2. The number of nitrogens with zero attached hydrogens (tertiary/aromatic N) is 3. The molecule has 1 aliphatic rings. The van der Waals surface area contributed by atoms with Gasteiger partial charge in [-0.2, -0.15) is 5.10 Å². The third-order valence-corrected chi connectivity index (χ3v) is 4.76.